The Hall–Kier alpha value is -2.43. The van der Waals surface area contributed by atoms with E-state index in [4.69, 9.17) is 4.74 Å². The van der Waals surface area contributed by atoms with Crippen LogP contribution in [0.15, 0.2) is 36.7 Å². The Morgan fingerprint density at radius 1 is 0.974 bits per heavy atom. The summed E-state index contributed by atoms with van der Waals surface area (Å²) in [6.07, 6.45) is 8.29. The number of nitrogens with zero attached hydrogens (tertiary/aromatic N) is 4. The number of aromatic nitrogens is 2. The second-order valence-corrected chi connectivity index (χ2v) is 13.2. The molecule has 0 saturated carbocycles. The molecule has 1 heterocycles. The molecule has 0 aliphatic carbocycles. The molecule has 0 bridgehead atoms. The molecule has 10 heteroatoms. The third-order valence-electron chi connectivity index (χ3n) is 6.43. The van der Waals surface area contributed by atoms with Gasteiger partial charge in [-0.2, -0.15) is 4.31 Å². The monoisotopic (exact) mass is 563 g/mol. The number of hydrogen-bond acceptors (Lipinski definition) is 6. The van der Waals surface area contributed by atoms with Crippen molar-refractivity contribution in [2.75, 3.05) is 32.4 Å². The van der Waals surface area contributed by atoms with Gasteiger partial charge in [-0.15, -0.1) is 0 Å². The average molecular weight is 564 g/mol. The van der Waals surface area contributed by atoms with E-state index in [2.05, 4.69) is 28.7 Å². The number of aromatic amines is 1. The van der Waals surface area contributed by atoms with Crippen LogP contribution in [0.4, 0.5) is 4.79 Å². The fraction of sp³-hybridized carbons (Fsp3) is 0.655. The van der Waals surface area contributed by atoms with E-state index in [1.165, 1.54) is 6.26 Å². The lowest BCUT2D eigenvalue weighted by Crippen LogP contribution is -2.38. The van der Waals surface area contributed by atoms with E-state index in [0.29, 0.717) is 25.5 Å². The van der Waals surface area contributed by atoms with E-state index in [9.17, 15) is 13.2 Å². The number of nitrogens with one attached hydrogen (secondary N) is 1. The van der Waals surface area contributed by atoms with Crippen LogP contribution in [0, 0.1) is 0 Å². The van der Waals surface area contributed by atoms with Crippen LogP contribution in [0.2, 0.25) is 0 Å². The predicted molar refractivity (Wildman–Crippen MR) is 157 cm³/mol. The first-order valence-electron chi connectivity index (χ1n) is 14.1. The van der Waals surface area contributed by atoms with Crippen LogP contribution in [0.3, 0.4) is 0 Å². The zero-order valence-corrected chi connectivity index (χ0v) is 25.8. The summed E-state index contributed by atoms with van der Waals surface area (Å²) in [5, 5.41) is 0. The summed E-state index contributed by atoms with van der Waals surface area (Å²) in [6.45, 7) is 16.1. The van der Waals surface area contributed by atoms with E-state index < -0.39 is 21.7 Å². The van der Waals surface area contributed by atoms with Gasteiger partial charge in [0.1, 0.15) is 11.4 Å². The number of H-pyrrole nitrogens is 1. The summed E-state index contributed by atoms with van der Waals surface area (Å²) in [5.41, 5.74) is 1.20. The number of benzene rings is 1. The molecule has 0 aliphatic rings. The molecule has 39 heavy (non-hydrogen) atoms. The first-order chi connectivity index (χ1) is 18.3. The standard InChI is InChI=1S/C29H49N5O4S/c1-8-18-32(19-9-2)20-10-11-21-33(39(7,36)37)22-25-12-14-26(15-13-25)23-34(28(35)38-29(4,5)6)24(3)27-30-16-17-31-27/h12-17,24H,8-11,18-23H2,1-7H3,(H,30,31). The molecule has 9 nitrogen and oxygen atoms in total. The topological polar surface area (TPSA) is 98.8 Å². The third kappa shape index (κ3) is 11.7. The lowest BCUT2D eigenvalue weighted by atomic mass is 10.1. The molecule has 1 N–H and O–H groups in total. The minimum absolute atomic E-state index is 0.319. The number of sulfonamides is 1. The lowest BCUT2D eigenvalue weighted by molar-refractivity contribution is 0.0145. The average Bonchev–Trinajstić information content (AvgIpc) is 3.38. The molecule has 1 aromatic heterocycles. The smallest absolute Gasteiger partial charge is 0.411 e. The molecule has 0 aliphatic heterocycles. The molecule has 2 aromatic rings. The Labute approximate surface area is 236 Å². The van der Waals surface area contributed by atoms with Crippen LogP contribution in [-0.4, -0.2) is 76.6 Å². The molecule has 0 spiro atoms. The summed E-state index contributed by atoms with van der Waals surface area (Å²) in [6, 6.07) is 7.43. The zero-order valence-electron chi connectivity index (χ0n) is 24.9. The van der Waals surface area contributed by atoms with Gasteiger partial charge in [-0.3, -0.25) is 4.90 Å². The van der Waals surface area contributed by atoms with Crippen molar-refractivity contribution in [2.45, 2.75) is 92.0 Å². The molecular weight excluding hydrogens is 514 g/mol. The van der Waals surface area contributed by atoms with Crippen LogP contribution >= 0.6 is 0 Å². The Balaban J connectivity index is 2.05. The number of ether oxygens (including phenoxy) is 1. The summed E-state index contributed by atoms with van der Waals surface area (Å²) in [5.74, 6) is 0.675. The van der Waals surface area contributed by atoms with E-state index in [1.54, 1.807) is 21.6 Å². The molecule has 1 unspecified atom stereocenters. The van der Waals surface area contributed by atoms with Crippen LogP contribution < -0.4 is 0 Å². The first kappa shape index (κ1) is 32.8. The van der Waals surface area contributed by atoms with Crippen molar-refractivity contribution in [3.63, 3.8) is 0 Å². The Kier molecular flexibility index (Phi) is 12.9. The van der Waals surface area contributed by atoms with Gasteiger partial charge in [0.15, 0.2) is 0 Å². The fourth-order valence-electron chi connectivity index (χ4n) is 4.44. The molecule has 0 radical (unpaired) electrons. The van der Waals surface area contributed by atoms with Crippen molar-refractivity contribution in [2.24, 2.45) is 0 Å². The van der Waals surface area contributed by atoms with Gasteiger partial charge in [0.2, 0.25) is 10.0 Å². The first-order valence-corrected chi connectivity index (χ1v) is 15.9. The number of carbonyl (C=O) groups is 1. The minimum Gasteiger partial charge on any atom is -0.444 e. The second kappa shape index (κ2) is 15.4. The zero-order chi connectivity index (χ0) is 29.1. The highest BCUT2D eigenvalue weighted by atomic mass is 32.2. The van der Waals surface area contributed by atoms with Crippen LogP contribution in [0.25, 0.3) is 0 Å². The number of carbonyl (C=O) groups excluding carboxylic acids is 1. The highest BCUT2D eigenvalue weighted by Gasteiger charge is 2.28. The van der Waals surface area contributed by atoms with E-state index >= 15 is 0 Å². The quantitative estimate of drug-likeness (QED) is 0.268. The van der Waals surface area contributed by atoms with Gasteiger partial charge < -0.3 is 14.6 Å². The summed E-state index contributed by atoms with van der Waals surface area (Å²) >= 11 is 0. The van der Waals surface area contributed by atoms with Gasteiger partial charge in [-0.25, -0.2) is 18.2 Å². The number of imidazole rings is 1. The summed E-state index contributed by atoms with van der Waals surface area (Å²) < 4.78 is 32.2. The van der Waals surface area contributed by atoms with Gasteiger partial charge in [-0.05, 0) is 84.1 Å². The number of rotatable bonds is 16. The lowest BCUT2D eigenvalue weighted by Gasteiger charge is -2.31. The van der Waals surface area contributed by atoms with Gasteiger partial charge >= 0.3 is 6.09 Å². The van der Waals surface area contributed by atoms with Crippen molar-refractivity contribution < 1.29 is 17.9 Å². The Morgan fingerprint density at radius 2 is 1.54 bits per heavy atom. The molecule has 2 rings (SSSR count). The predicted octanol–water partition coefficient (Wildman–Crippen LogP) is 5.57. The second-order valence-electron chi connectivity index (χ2n) is 11.2. The van der Waals surface area contributed by atoms with Gasteiger partial charge in [0.25, 0.3) is 0 Å². The molecule has 220 valence electrons. The third-order valence-corrected chi connectivity index (χ3v) is 7.68. The highest BCUT2D eigenvalue weighted by molar-refractivity contribution is 7.88. The van der Waals surface area contributed by atoms with E-state index in [0.717, 1.165) is 56.4 Å². The Morgan fingerprint density at radius 3 is 2.03 bits per heavy atom. The van der Waals surface area contributed by atoms with Crippen molar-refractivity contribution in [3.8, 4) is 0 Å². The van der Waals surface area contributed by atoms with Crippen molar-refractivity contribution in [1.29, 1.82) is 0 Å². The fourth-order valence-corrected chi connectivity index (χ4v) is 5.28. The minimum atomic E-state index is -3.34. The SMILES string of the molecule is CCCN(CCC)CCCCN(Cc1ccc(CN(C(=O)OC(C)(C)C)C(C)c2ncc[nH]2)cc1)S(C)(=O)=O. The number of unbranched alkanes of at least 4 members (excludes halogenated alkanes) is 1. The molecule has 0 fully saturated rings. The maximum absolute atomic E-state index is 13.0. The van der Waals surface area contributed by atoms with Crippen molar-refractivity contribution in [3.05, 3.63) is 53.6 Å². The summed E-state index contributed by atoms with van der Waals surface area (Å²) in [4.78, 5) is 24.5. The normalized spacial score (nSPS) is 13.2. The van der Waals surface area contributed by atoms with E-state index in [-0.39, 0.29) is 6.04 Å². The molecule has 1 amide bonds. The van der Waals surface area contributed by atoms with Crippen molar-refractivity contribution >= 4 is 16.1 Å². The van der Waals surface area contributed by atoms with Gasteiger partial charge in [0.05, 0.1) is 12.3 Å². The molecule has 1 atom stereocenters. The highest BCUT2D eigenvalue weighted by Crippen LogP contribution is 2.23. The van der Waals surface area contributed by atoms with Crippen LogP contribution in [0.5, 0.6) is 0 Å². The Bertz CT molecular complexity index is 1080. The van der Waals surface area contributed by atoms with Crippen LogP contribution in [-0.2, 0) is 27.8 Å². The maximum atomic E-state index is 13.0. The van der Waals surface area contributed by atoms with Crippen LogP contribution in [0.1, 0.15) is 90.2 Å². The molecular formula is C29H49N5O4S. The summed E-state index contributed by atoms with van der Waals surface area (Å²) in [7, 11) is -3.34. The number of hydrogen-bond donors (Lipinski definition) is 1. The number of amides is 1. The van der Waals surface area contributed by atoms with Gasteiger partial charge in [0, 0.05) is 32.0 Å². The maximum Gasteiger partial charge on any atom is 0.411 e. The molecule has 0 saturated heterocycles. The molecule has 1 aromatic carbocycles. The van der Waals surface area contributed by atoms with Gasteiger partial charge in [-0.1, -0.05) is 38.1 Å². The largest absolute Gasteiger partial charge is 0.444 e. The van der Waals surface area contributed by atoms with Crippen molar-refractivity contribution in [1.82, 2.24) is 24.1 Å². The van der Waals surface area contributed by atoms with E-state index in [1.807, 2.05) is 52.0 Å².